The van der Waals surface area contributed by atoms with Crippen molar-refractivity contribution in [3.63, 3.8) is 0 Å². The van der Waals surface area contributed by atoms with E-state index in [0.717, 1.165) is 11.4 Å². The van der Waals surface area contributed by atoms with Crippen molar-refractivity contribution in [2.45, 2.75) is 0 Å². The van der Waals surface area contributed by atoms with Crippen LogP contribution in [0.1, 0.15) is 0 Å². The summed E-state index contributed by atoms with van der Waals surface area (Å²) in [4.78, 5) is 0. The first-order valence-corrected chi connectivity index (χ1v) is 19.4. The molecule has 0 atom stereocenters. The van der Waals surface area contributed by atoms with Gasteiger partial charge in [-0.1, -0.05) is 146 Å². The van der Waals surface area contributed by atoms with Gasteiger partial charge in [0.25, 0.3) is 0 Å². The summed E-state index contributed by atoms with van der Waals surface area (Å²) >= 11 is 0. The number of fused-ring (bicyclic) bond motifs is 13. The molecule has 0 fully saturated rings. The van der Waals surface area contributed by atoms with Gasteiger partial charge in [0.15, 0.2) is 0 Å². The van der Waals surface area contributed by atoms with Gasteiger partial charge in [-0.25, -0.2) is 0 Å². The largest absolute Gasteiger partial charge is 0.309 e. The lowest BCUT2D eigenvalue weighted by molar-refractivity contribution is 1.17. The molecule has 12 aromatic rings. The highest BCUT2D eigenvalue weighted by atomic mass is 15.0. The molecule has 10 aromatic carbocycles. The van der Waals surface area contributed by atoms with Crippen molar-refractivity contribution in [2.24, 2.45) is 0 Å². The summed E-state index contributed by atoms with van der Waals surface area (Å²) in [6.45, 7) is 0. The minimum absolute atomic E-state index is 1.15. The molecule has 0 aliphatic heterocycles. The van der Waals surface area contributed by atoms with Gasteiger partial charge < -0.3 is 9.13 Å². The van der Waals surface area contributed by atoms with Crippen LogP contribution in [0, 0.1) is 0 Å². The van der Waals surface area contributed by atoms with Crippen molar-refractivity contribution >= 4 is 75.9 Å². The number of hydrogen-bond donors (Lipinski definition) is 0. The van der Waals surface area contributed by atoms with Crippen LogP contribution in [0.3, 0.4) is 0 Å². The molecule has 0 amide bonds. The Balaban J connectivity index is 1.05. The number of hydrogen-bond acceptors (Lipinski definition) is 0. The molecule has 1 aliphatic rings. The highest BCUT2D eigenvalue weighted by Crippen LogP contribution is 2.49. The fraction of sp³-hybridized carbons (Fsp3) is 0. The van der Waals surface area contributed by atoms with Crippen molar-refractivity contribution in [2.75, 3.05) is 0 Å². The third-order valence-corrected chi connectivity index (χ3v) is 12.4. The molecule has 0 unspecified atom stereocenters. The Bertz CT molecular complexity index is 3560. The topological polar surface area (TPSA) is 9.86 Å². The van der Waals surface area contributed by atoms with Gasteiger partial charge in [-0.3, -0.25) is 0 Å². The maximum absolute atomic E-state index is 2.52. The molecule has 2 heterocycles. The van der Waals surface area contributed by atoms with E-state index in [4.69, 9.17) is 0 Å². The predicted molar refractivity (Wildman–Crippen MR) is 238 cm³/mol. The van der Waals surface area contributed by atoms with Crippen LogP contribution in [0.4, 0.5) is 0 Å². The Morgan fingerprint density at radius 1 is 0.268 bits per heavy atom. The smallest absolute Gasteiger partial charge is 0.0619 e. The van der Waals surface area contributed by atoms with E-state index < -0.39 is 0 Å². The van der Waals surface area contributed by atoms with Gasteiger partial charge in [0.05, 0.1) is 22.1 Å². The molecule has 13 rings (SSSR count). The molecular formula is C54H32N2. The van der Waals surface area contributed by atoms with Gasteiger partial charge in [0.2, 0.25) is 0 Å². The normalized spacial score (nSPS) is 12.3. The summed E-state index contributed by atoms with van der Waals surface area (Å²) < 4.78 is 4.97. The molecule has 0 saturated carbocycles. The number of aromatic nitrogens is 2. The molecule has 56 heavy (non-hydrogen) atoms. The maximum atomic E-state index is 2.52. The molecule has 0 saturated heterocycles. The number of para-hydroxylation sites is 1. The average Bonchev–Trinajstić information content (AvgIpc) is 3.90. The van der Waals surface area contributed by atoms with Gasteiger partial charge in [0.1, 0.15) is 0 Å². The van der Waals surface area contributed by atoms with E-state index >= 15 is 0 Å². The van der Waals surface area contributed by atoms with E-state index in [2.05, 4.69) is 203 Å². The molecule has 0 N–H and O–H groups in total. The first-order chi connectivity index (χ1) is 27.8. The minimum atomic E-state index is 1.15. The third-order valence-electron chi connectivity index (χ3n) is 12.4. The SMILES string of the molecule is c1cc(-c2cc3c4c(cccc4c2)-c2ccccc2-3)cc(-n2c3ccccc3c3cc(-n4c5c6ccccc6ccc5c5ccc6ccccc6c54)ccc32)c1. The monoisotopic (exact) mass is 708 g/mol. The quantitative estimate of drug-likeness (QED) is 0.173. The molecule has 2 heteroatoms. The maximum Gasteiger partial charge on any atom is 0.0619 e. The van der Waals surface area contributed by atoms with Gasteiger partial charge in [-0.15, -0.1) is 0 Å². The molecular weight excluding hydrogens is 677 g/mol. The summed E-state index contributed by atoms with van der Waals surface area (Å²) in [5.74, 6) is 0. The summed E-state index contributed by atoms with van der Waals surface area (Å²) in [6.07, 6.45) is 0. The van der Waals surface area contributed by atoms with Crippen molar-refractivity contribution < 1.29 is 0 Å². The van der Waals surface area contributed by atoms with Crippen LogP contribution in [0.15, 0.2) is 194 Å². The van der Waals surface area contributed by atoms with Crippen LogP contribution in [0.2, 0.25) is 0 Å². The van der Waals surface area contributed by atoms with Crippen LogP contribution in [-0.2, 0) is 0 Å². The lowest BCUT2D eigenvalue weighted by Crippen LogP contribution is -1.97. The van der Waals surface area contributed by atoms with E-state index in [1.54, 1.807) is 0 Å². The molecule has 0 spiro atoms. The van der Waals surface area contributed by atoms with Gasteiger partial charge in [0, 0.05) is 43.7 Å². The zero-order valence-corrected chi connectivity index (χ0v) is 30.4. The minimum Gasteiger partial charge on any atom is -0.309 e. The van der Waals surface area contributed by atoms with E-state index in [9.17, 15) is 0 Å². The second kappa shape index (κ2) is 11.1. The first kappa shape index (κ1) is 30.0. The van der Waals surface area contributed by atoms with Crippen LogP contribution < -0.4 is 0 Å². The van der Waals surface area contributed by atoms with Gasteiger partial charge in [-0.2, -0.15) is 0 Å². The van der Waals surface area contributed by atoms with Crippen molar-refractivity contribution in [3.8, 4) is 44.8 Å². The Labute approximate surface area is 322 Å². The molecule has 2 aromatic heterocycles. The van der Waals surface area contributed by atoms with E-state index in [0.29, 0.717) is 0 Å². The molecule has 0 bridgehead atoms. The predicted octanol–water partition coefficient (Wildman–Crippen LogP) is 14.7. The van der Waals surface area contributed by atoms with Crippen molar-refractivity contribution in [1.82, 2.24) is 9.13 Å². The van der Waals surface area contributed by atoms with Crippen molar-refractivity contribution in [1.29, 1.82) is 0 Å². The van der Waals surface area contributed by atoms with Crippen LogP contribution in [-0.4, -0.2) is 9.13 Å². The average molecular weight is 709 g/mol. The first-order valence-electron chi connectivity index (χ1n) is 19.4. The van der Waals surface area contributed by atoms with Crippen LogP contribution in [0.25, 0.3) is 121 Å². The van der Waals surface area contributed by atoms with E-state index in [1.807, 2.05) is 0 Å². The number of nitrogens with zero attached hydrogens (tertiary/aromatic N) is 2. The van der Waals surface area contributed by atoms with Crippen LogP contribution >= 0.6 is 0 Å². The van der Waals surface area contributed by atoms with E-state index in [-0.39, 0.29) is 0 Å². The fourth-order valence-electron chi connectivity index (χ4n) is 9.98. The molecule has 1 aliphatic carbocycles. The highest BCUT2D eigenvalue weighted by Gasteiger charge is 2.23. The second-order valence-electron chi connectivity index (χ2n) is 15.3. The highest BCUT2D eigenvalue weighted by molar-refractivity contribution is 6.24. The number of benzene rings is 10. The molecule has 2 nitrogen and oxygen atoms in total. The standard InChI is InChI=1S/C54H32N2/c1-3-16-40-33(11-1)23-26-46-47-27-24-34-12-2-4-17-41(34)54(47)56(53(40)46)39-25-28-51-48(32-39)44-20-7-8-22-50(44)55(51)38-15-9-13-35(30-38)37-29-36-14-10-21-45-42-18-5-6-19-43(42)49(31-37)52(36)45/h1-32H. The van der Waals surface area contributed by atoms with Gasteiger partial charge in [-0.05, 0) is 103 Å². The zero-order valence-electron chi connectivity index (χ0n) is 30.4. The lowest BCUT2D eigenvalue weighted by atomic mass is 9.96. The number of rotatable bonds is 3. The second-order valence-corrected chi connectivity index (χ2v) is 15.3. The zero-order chi connectivity index (χ0) is 36.5. The Kier molecular flexibility index (Phi) is 5.92. The van der Waals surface area contributed by atoms with E-state index in [1.165, 1.54) is 109 Å². The molecule has 0 radical (unpaired) electrons. The Hall–Kier alpha value is -7.42. The summed E-state index contributed by atoms with van der Waals surface area (Å²) in [5.41, 5.74) is 15.0. The Morgan fingerprint density at radius 3 is 1.62 bits per heavy atom. The lowest BCUT2D eigenvalue weighted by Gasteiger charge is -2.13. The summed E-state index contributed by atoms with van der Waals surface area (Å²) in [7, 11) is 0. The van der Waals surface area contributed by atoms with Crippen LogP contribution in [0.5, 0.6) is 0 Å². The molecule has 258 valence electrons. The summed E-state index contributed by atoms with van der Waals surface area (Å²) in [6, 6.07) is 72.1. The fourth-order valence-corrected chi connectivity index (χ4v) is 9.98. The van der Waals surface area contributed by atoms with Crippen molar-refractivity contribution in [3.05, 3.63) is 194 Å². The summed E-state index contributed by atoms with van der Waals surface area (Å²) in [5, 5.41) is 12.7. The Morgan fingerprint density at radius 2 is 0.857 bits per heavy atom. The third kappa shape index (κ3) is 4.00. The van der Waals surface area contributed by atoms with Gasteiger partial charge >= 0.3 is 0 Å².